The van der Waals surface area contributed by atoms with Gasteiger partial charge in [-0.1, -0.05) is 6.08 Å². The molecule has 0 aliphatic rings. The van der Waals surface area contributed by atoms with Gasteiger partial charge in [0, 0.05) is 12.6 Å². The molecule has 0 unspecified atom stereocenters. The Morgan fingerprint density at radius 2 is 2.42 bits per heavy atom. The van der Waals surface area contributed by atoms with Crippen molar-refractivity contribution in [3.05, 3.63) is 35.9 Å². The summed E-state index contributed by atoms with van der Waals surface area (Å²) in [5.74, 6) is -0.323. The van der Waals surface area contributed by atoms with Gasteiger partial charge in [-0.05, 0) is 18.2 Å². The van der Waals surface area contributed by atoms with E-state index in [0.717, 1.165) is 6.29 Å². The quantitative estimate of drug-likeness (QED) is 0.639. The van der Waals surface area contributed by atoms with E-state index in [2.05, 4.69) is 4.98 Å². The minimum Gasteiger partial charge on any atom is -0.303 e. The number of hydrogen-bond donors (Lipinski definition) is 0. The van der Waals surface area contributed by atoms with Crippen molar-refractivity contribution in [2.45, 2.75) is 6.42 Å². The lowest BCUT2D eigenvalue weighted by Gasteiger charge is -1.90. The van der Waals surface area contributed by atoms with E-state index in [1.54, 1.807) is 12.2 Å². The summed E-state index contributed by atoms with van der Waals surface area (Å²) in [6, 6.07) is 2.58. The fourth-order valence-electron chi connectivity index (χ4n) is 0.757. The van der Waals surface area contributed by atoms with Gasteiger partial charge in [0.1, 0.15) is 12.1 Å². The molecule has 1 aromatic rings. The standard InChI is InChI=1S/C9H8FNO/c10-8-4-5-11-9(7-8)3-1-2-6-12/h1,3-7H,2H2. The number of allylic oxidation sites excluding steroid dienone is 1. The van der Waals surface area contributed by atoms with Gasteiger partial charge in [-0.2, -0.15) is 0 Å². The predicted molar refractivity (Wildman–Crippen MR) is 43.9 cm³/mol. The molecule has 0 aromatic carbocycles. The minimum atomic E-state index is -0.323. The molecular weight excluding hydrogens is 157 g/mol. The third-order valence-corrected chi connectivity index (χ3v) is 1.26. The van der Waals surface area contributed by atoms with Crippen molar-refractivity contribution in [1.82, 2.24) is 4.98 Å². The van der Waals surface area contributed by atoms with Crippen LogP contribution < -0.4 is 0 Å². The van der Waals surface area contributed by atoms with E-state index in [0.29, 0.717) is 12.1 Å². The number of rotatable bonds is 3. The van der Waals surface area contributed by atoms with Gasteiger partial charge in [0.05, 0.1) is 5.69 Å². The minimum absolute atomic E-state index is 0.323. The first-order valence-electron chi connectivity index (χ1n) is 3.54. The highest BCUT2D eigenvalue weighted by atomic mass is 19.1. The van der Waals surface area contributed by atoms with Crippen molar-refractivity contribution in [1.29, 1.82) is 0 Å². The van der Waals surface area contributed by atoms with Crippen molar-refractivity contribution < 1.29 is 9.18 Å². The lowest BCUT2D eigenvalue weighted by Crippen LogP contribution is -1.81. The van der Waals surface area contributed by atoms with E-state index >= 15 is 0 Å². The van der Waals surface area contributed by atoms with Gasteiger partial charge in [0.25, 0.3) is 0 Å². The van der Waals surface area contributed by atoms with E-state index < -0.39 is 0 Å². The molecular formula is C9H8FNO. The maximum atomic E-state index is 12.5. The molecule has 62 valence electrons. The van der Waals surface area contributed by atoms with Gasteiger partial charge in [0.2, 0.25) is 0 Å². The fraction of sp³-hybridized carbons (Fsp3) is 0.111. The zero-order chi connectivity index (χ0) is 8.81. The second-order valence-electron chi connectivity index (χ2n) is 2.20. The largest absolute Gasteiger partial charge is 0.303 e. The van der Waals surface area contributed by atoms with Crippen LogP contribution in [0.25, 0.3) is 6.08 Å². The van der Waals surface area contributed by atoms with Crippen molar-refractivity contribution >= 4 is 12.4 Å². The molecule has 1 aromatic heterocycles. The Morgan fingerprint density at radius 3 is 3.08 bits per heavy atom. The first-order chi connectivity index (χ1) is 5.83. The van der Waals surface area contributed by atoms with Crippen LogP contribution in [0.3, 0.4) is 0 Å². The van der Waals surface area contributed by atoms with Gasteiger partial charge in [-0.3, -0.25) is 4.98 Å². The van der Waals surface area contributed by atoms with Crippen LogP contribution in [-0.2, 0) is 4.79 Å². The SMILES string of the molecule is O=CCC=Cc1cc(F)ccn1. The summed E-state index contributed by atoms with van der Waals surface area (Å²) in [6.45, 7) is 0. The molecule has 0 N–H and O–H groups in total. The summed E-state index contributed by atoms with van der Waals surface area (Å²) < 4.78 is 12.5. The van der Waals surface area contributed by atoms with E-state index in [-0.39, 0.29) is 5.82 Å². The number of nitrogens with zero attached hydrogens (tertiary/aromatic N) is 1. The van der Waals surface area contributed by atoms with Gasteiger partial charge in [-0.25, -0.2) is 4.39 Å². The molecule has 0 aliphatic carbocycles. The lowest BCUT2D eigenvalue weighted by molar-refractivity contribution is -0.107. The third-order valence-electron chi connectivity index (χ3n) is 1.26. The number of aromatic nitrogens is 1. The highest BCUT2D eigenvalue weighted by molar-refractivity contribution is 5.56. The monoisotopic (exact) mass is 165 g/mol. The fourth-order valence-corrected chi connectivity index (χ4v) is 0.757. The van der Waals surface area contributed by atoms with Crippen LogP contribution in [0.15, 0.2) is 24.4 Å². The highest BCUT2D eigenvalue weighted by Gasteiger charge is 1.90. The van der Waals surface area contributed by atoms with E-state index in [1.807, 2.05) is 0 Å². The molecule has 3 heteroatoms. The van der Waals surface area contributed by atoms with Crippen LogP contribution in [0.4, 0.5) is 4.39 Å². The Hall–Kier alpha value is -1.51. The predicted octanol–water partition coefficient (Wildman–Crippen LogP) is 1.82. The van der Waals surface area contributed by atoms with Crippen LogP contribution in [0.1, 0.15) is 12.1 Å². The molecule has 0 amide bonds. The maximum Gasteiger partial charge on any atom is 0.126 e. The molecule has 0 radical (unpaired) electrons. The van der Waals surface area contributed by atoms with Gasteiger partial charge in [0.15, 0.2) is 0 Å². The second kappa shape index (κ2) is 4.38. The Kier molecular flexibility index (Phi) is 3.14. The van der Waals surface area contributed by atoms with Gasteiger partial charge >= 0.3 is 0 Å². The van der Waals surface area contributed by atoms with Crippen molar-refractivity contribution in [3.63, 3.8) is 0 Å². The molecule has 0 atom stereocenters. The maximum absolute atomic E-state index is 12.5. The number of carbonyl (C=O) groups excluding carboxylic acids is 1. The number of halogens is 1. The summed E-state index contributed by atoms with van der Waals surface area (Å²) >= 11 is 0. The molecule has 0 fully saturated rings. The smallest absolute Gasteiger partial charge is 0.126 e. The second-order valence-corrected chi connectivity index (χ2v) is 2.20. The highest BCUT2D eigenvalue weighted by Crippen LogP contribution is 2.01. The van der Waals surface area contributed by atoms with Crippen LogP contribution in [0, 0.1) is 5.82 Å². The van der Waals surface area contributed by atoms with Crippen molar-refractivity contribution in [3.8, 4) is 0 Å². The van der Waals surface area contributed by atoms with E-state index in [1.165, 1.54) is 18.3 Å². The third kappa shape index (κ3) is 2.62. The molecule has 0 aliphatic heterocycles. The molecule has 0 saturated carbocycles. The molecule has 0 spiro atoms. The van der Waals surface area contributed by atoms with E-state index in [9.17, 15) is 9.18 Å². The molecule has 1 rings (SSSR count). The summed E-state index contributed by atoms with van der Waals surface area (Å²) in [7, 11) is 0. The normalized spacial score (nSPS) is 10.4. The summed E-state index contributed by atoms with van der Waals surface area (Å²) in [6.07, 6.45) is 5.73. The molecule has 0 saturated heterocycles. The Bertz CT molecular complexity index is 296. The van der Waals surface area contributed by atoms with Crippen LogP contribution in [0.2, 0.25) is 0 Å². The number of aldehydes is 1. The number of hydrogen-bond acceptors (Lipinski definition) is 2. The van der Waals surface area contributed by atoms with Gasteiger partial charge < -0.3 is 4.79 Å². The summed E-state index contributed by atoms with van der Waals surface area (Å²) in [4.78, 5) is 13.8. The Balaban J connectivity index is 2.69. The number of carbonyl (C=O) groups is 1. The van der Waals surface area contributed by atoms with Crippen molar-refractivity contribution in [2.75, 3.05) is 0 Å². The van der Waals surface area contributed by atoms with Crippen LogP contribution in [-0.4, -0.2) is 11.3 Å². The first kappa shape index (κ1) is 8.59. The summed E-state index contributed by atoms with van der Waals surface area (Å²) in [5, 5.41) is 0. The summed E-state index contributed by atoms with van der Waals surface area (Å²) in [5.41, 5.74) is 0.525. The van der Waals surface area contributed by atoms with E-state index in [4.69, 9.17) is 0 Å². The molecule has 0 bridgehead atoms. The Labute approximate surface area is 69.7 Å². The zero-order valence-electron chi connectivity index (χ0n) is 6.40. The molecule has 1 heterocycles. The average molecular weight is 165 g/mol. The topological polar surface area (TPSA) is 30.0 Å². The lowest BCUT2D eigenvalue weighted by atomic mass is 10.3. The van der Waals surface area contributed by atoms with Gasteiger partial charge in [-0.15, -0.1) is 0 Å². The molecule has 12 heavy (non-hydrogen) atoms. The molecule has 2 nitrogen and oxygen atoms in total. The van der Waals surface area contributed by atoms with Crippen LogP contribution >= 0.6 is 0 Å². The first-order valence-corrected chi connectivity index (χ1v) is 3.54. The zero-order valence-corrected chi connectivity index (χ0v) is 6.40. The number of pyridine rings is 1. The Morgan fingerprint density at radius 1 is 1.58 bits per heavy atom. The average Bonchev–Trinajstić information content (AvgIpc) is 2.05. The van der Waals surface area contributed by atoms with Crippen LogP contribution in [0.5, 0.6) is 0 Å². The van der Waals surface area contributed by atoms with Crippen molar-refractivity contribution in [2.24, 2.45) is 0 Å².